The quantitative estimate of drug-likeness (QED) is 0.885. The molecule has 18 heavy (non-hydrogen) atoms. The molecule has 0 amide bonds. The standard InChI is InChI=1S/C15H22BrNO/c1-4-15(3,5-2)17-10-12-9-13(16)8-11-6-7-18-14(11)12/h8-9,17H,4-7,10H2,1-3H3. The lowest BCUT2D eigenvalue weighted by molar-refractivity contribution is 0.320. The molecule has 0 bridgehead atoms. The van der Waals surface area contributed by atoms with Gasteiger partial charge in [-0.2, -0.15) is 0 Å². The van der Waals surface area contributed by atoms with E-state index in [0.29, 0.717) is 0 Å². The number of hydrogen-bond donors (Lipinski definition) is 1. The minimum Gasteiger partial charge on any atom is -0.493 e. The summed E-state index contributed by atoms with van der Waals surface area (Å²) in [5, 5.41) is 3.67. The van der Waals surface area contributed by atoms with Gasteiger partial charge in [0.15, 0.2) is 0 Å². The molecule has 1 heterocycles. The fourth-order valence-electron chi connectivity index (χ4n) is 2.29. The molecule has 1 aliphatic heterocycles. The zero-order valence-electron chi connectivity index (χ0n) is 11.5. The minimum absolute atomic E-state index is 0.216. The Hall–Kier alpha value is -0.540. The first-order valence-corrected chi connectivity index (χ1v) is 7.56. The number of benzene rings is 1. The molecule has 0 fully saturated rings. The Kier molecular flexibility index (Phi) is 4.33. The summed E-state index contributed by atoms with van der Waals surface area (Å²) in [7, 11) is 0. The Morgan fingerprint density at radius 2 is 2.06 bits per heavy atom. The van der Waals surface area contributed by atoms with Crippen LogP contribution < -0.4 is 10.1 Å². The molecule has 0 aromatic heterocycles. The van der Waals surface area contributed by atoms with Crippen molar-refractivity contribution in [1.29, 1.82) is 0 Å². The third kappa shape index (κ3) is 2.89. The highest BCUT2D eigenvalue weighted by molar-refractivity contribution is 9.10. The summed E-state index contributed by atoms with van der Waals surface area (Å²) < 4.78 is 6.91. The Morgan fingerprint density at radius 1 is 1.33 bits per heavy atom. The van der Waals surface area contributed by atoms with Crippen LogP contribution in [0, 0.1) is 0 Å². The average Bonchev–Trinajstić information content (AvgIpc) is 2.83. The van der Waals surface area contributed by atoms with Gasteiger partial charge in [0.2, 0.25) is 0 Å². The number of nitrogens with one attached hydrogen (secondary N) is 1. The van der Waals surface area contributed by atoms with Crippen molar-refractivity contribution in [3.63, 3.8) is 0 Å². The van der Waals surface area contributed by atoms with Crippen molar-refractivity contribution >= 4 is 15.9 Å². The van der Waals surface area contributed by atoms with Gasteiger partial charge >= 0.3 is 0 Å². The summed E-state index contributed by atoms with van der Waals surface area (Å²) in [5.74, 6) is 1.10. The van der Waals surface area contributed by atoms with Gasteiger partial charge in [-0.25, -0.2) is 0 Å². The van der Waals surface area contributed by atoms with Crippen molar-refractivity contribution in [2.45, 2.75) is 52.1 Å². The van der Waals surface area contributed by atoms with Crippen LogP contribution in [0.1, 0.15) is 44.7 Å². The van der Waals surface area contributed by atoms with Gasteiger partial charge < -0.3 is 10.1 Å². The first-order valence-electron chi connectivity index (χ1n) is 6.77. The van der Waals surface area contributed by atoms with Crippen LogP contribution in [0.3, 0.4) is 0 Å². The summed E-state index contributed by atoms with van der Waals surface area (Å²) in [5.41, 5.74) is 2.81. The van der Waals surface area contributed by atoms with Gasteiger partial charge in [-0.1, -0.05) is 29.8 Å². The topological polar surface area (TPSA) is 21.3 Å². The number of hydrogen-bond acceptors (Lipinski definition) is 2. The molecule has 0 spiro atoms. The summed E-state index contributed by atoms with van der Waals surface area (Å²) in [4.78, 5) is 0. The predicted molar refractivity (Wildman–Crippen MR) is 79.2 cm³/mol. The van der Waals surface area contributed by atoms with Crippen LogP contribution in [0.4, 0.5) is 0 Å². The molecule has 0 saturated carbocycles. The number of ether oxygens (including phenoxy) is 1. The van der Waals surface area contributed by atoms with E-state index in [9.17, 15) is 0 Å². The number of fused-ring (bicyclic) bond motifs is 1. The van der Waals surface area contributed by atoms with Crippen molar-refractivity contribution in [2.24, 2.45) is 0 Å². The molecule has 1 aliphatic rings. The third-order valence-electron chi connectivity index (χ3n) is 4.09. The Bertz CT molecular complexity index is 427. The second-order valence-electron chi connectivity index (χ2n) is 5.27. The second-order valence-corrected chi connectivity index (χ2v) is 6.19. The van der Waals surface area contributed by atoms with E-state index in [2.05, 4.69) is 54.2 Å². The molecule has 0 unspecified atom stereocenters. The van der Waals surface area contributed by atoms with Gasteiger partial charge in [-0.3, -0.25) is 0 Å². The maximum atomic E-state index is 5.76. The second kappa shape index (κ2) is 5.62. The average molecular weight is 312 g/mol. The Balaban J connectivity index is 2.15. The van der Waals surface area contributed by atoms with Crippen molar-refractivity contribution in [2.75, 3.05) is 6.61 Å². The SMILES string of the molecule is CCC(C)(CC)NCc1cc(Br)cc2c1OCC2. The summed E-state index contributed by atoms with van der Waals surface area (Å²) in [6.07, 6.45) is 3.31. The zero-order chi connectivity index (χ0) is 13.2. The number of rotatable bonds is 5. The van der Waals surface area contributed by atoms with E-state index >= 15 is 0 Å². The largest absolute Gasteiger partial charge is 0.493 e. The molecular formula is C15H22BrNO. The van der Waals surface area contributed by atoms with Crippen molar-refractivity contribution < 1.29 is 4.74 Å². The smallest absolute Gasteiger partial charge is 0.127 e. The lowest BCUT2D eigenvalue weighted by Gasteiger charge is -2.28. The first kappa shape index (κ1) is 13.9. The molecule has 3 heteroatoms. The highest BCUT2D eigenvalue weighted by Gasteiger charge is 2.21. The summed E-state index contributed by atoms with van der Waals surface area (Å²) in [6.45, 7) is 8.44. The monoisotopic (exact) mass is 311 g/mol. The highest BCUT2D eigenvalue weighted by atomic mass is 79.9. The molecule has 1 aromatic rings. The van der Waals surface area contributed by atoms with Crippen LogP contribution in [0.5, 0.6) is 5.75 Å². The lowest BCUT2D eigenvalue weighted by Crippen LogP contribution is -2.40. The van der Waals surface area contributed by atoms with Crippen LogP contribution in [0.2, 0.25) is 0 Å². The molecule has 0 saturated heterocycles. The van der Waals surface area contributed by atoms with E-state index in [1.807, 2.05) is 0 Å². The lowest BCUT2D eigenvalue weighted by atomic mass is 9.95. The van der Waals surface area contributed by atoms with Crippen LogP contribution in [-0.2, 0) is 13.0 Å². The first-order chi connectivity index (χ1) is 8.58. The van der Waals surface area contributed by atoms with E-state index in [-0.39, 0.29) is 5.54 Å². The minimum atomic E-state index is 0.216. The van der Waals surface area contributed by atoms with Crippen molar-refractivity contribution in [3.8, 4) is 5.75 Å². The molecule has 100 valence electrons. The van der Waals surface area contributed by atoms with Crippen LogP contribution in [0.25, 0.3) is 0 Å². The molecule has 0 atom stereocenters. The molecular weight excluding hydrogens is 290 g/mol. The summed E-state index contributed by atoms with van der Waals surface area (Å²) in [6, 6.07) is 4.34. The van der Waals surface area contributed by atoms with Gasteiger partial charge in [0.25, 0.3) is 0 Å². The summed E-state index contributed by atoms with van der Waals surface area (Å²) >= 11 is 3.59. The molecule has 1 N–H and O–H groups in total. The third-order valence-corrected chi connectivity index (χ3v) is 4.55. The van der Waals surface area contributed by atoms with Crippen LogP contribution in [-0.4, -0.2) is 12.1 Å². The highest BCUT2D eigenvalue weighted by Crippen LogP contribution is 2.33. The van der Waals surface area contributed by atoms with Gasteiger partial charge in [0.05, 0.1) is 6.61 Å². The molecule has 0 radical (unpaired) electrons. The molecule has 1 aromatic carbocycles. The maximum Gasteiger partial charge on any atom is 0.127 e. The van der Waals surface area contributed by atoms with Gasteiger partial charge in [-0.15, -0.1) is 0 Å². The molecule has 2 nitrogen and oxygen atoms in total. The fraction of sp³-hybridized carbons (Fsp3) is 0.600. The van der Waals surface area contributed by atoms with Crippen LogP contribution in [0.15, 0.2) is 16.6 Å². The van der Waals surface area contributed by atoms with Crippen molar-refractivity contribution in [1.82, 2.24) is 5.32 Å². The number of halogens is 1. The predicted octanol–water partition coefficient (Wildman–Crippen LogP) is 4.05. The normalized spacial score (nSPS) is 14.4. The Morgan fingerprint density at radius 3 is 2.72 bits per heavy atom. The molecule has 0 aliphatic carbocycles. The van der Waals surface area contributed by atoms with Gasteiger partial charge in [0, 0.05) is 28.5 Å². The van der Waals surface area contributed by atoms with Gasteiger partial charge in [0.1, 0.15) is 5.75 Å². The van der Waals surface area contributed by atoms with E-state index in [1.54, 1.807) is 0 Å². The van der Waals surface area contributed by atoms with Gasteiger partial charge in [-0.05, 0) is 37.5 Å². The van der Waals surface area contributed by atoms with E-state index < -0.39 is 0 Å². The van der Waals surface area contributed by atoms with E-state index in [0.717, 1.165) is 42.6 Å². The maximum absolute atomic E-state index is 5.76. The van der Waals surface area contributed by atoms with Crippen LogP contribution >= 0.6 is 15.9 Å². The Labute approximate surface area is 118 Å². The molecule has 2 rings (SSSR count). The van der Waals surface area contributed by atoms with E-state index in [1.165, 1.54) is 11.1 Å². The fourth-order valence-corrected chi connectivity index (χ4v) is 2.84. The zero-order valence-corrected chi connectivity index (χ0v) is 13.1. The van der Waals surface area contributed by atoms with E-state index in [4.69, 9.17) is 4.74 Å². The van der Waals surface area contributed by atoms with Crippen molar-refractivity contribution in [3.05, 3.63) is 27.7 Å².